The van der Waals surface area contributed by atoms with E-state index >= 15 is 0 Å². The second kappa shape index (κ2) is 9.86. The van der Waals surface area contributed by atoms with Crippen molar-refractivity contribution in [2.45, 2.75) is 37.1 Å². The second-order valence-electron chi connectivity index (χ2n) is 7.31. The van der Waals surface area contributed by atoms with Gasteiger partial charge in [-0.15, -0.1) is 0 Å². The van der Waals surface area contributed by atoms with Crippen LogP contribution in [0.3, 0.4) is 0 Å². The first-order valence-electron chi connectivity index (χ1n) is 10.1. The van der Waals surface area contributed by atoms with Crippen molar-refractivity contribution in [3.63, 3.8) is 0 Å². The van der Waals surface area contributed by atoms with E-state index in [1.807, 2.05) is 6.07 Å². The molecule has 0 spiro atoms. The second-order valence-corrected chi connectivity index (χ2v) is 9.25. The molecule has 0 atom stereocenters. The molecular formula is C22H27N3O4S. The summed E-state index contributed by atoms with van der Waals surface area (Å²) in [6, 6.07) is 13.9. The maximum atomic E-state index is 12.6. The Hall–Kier alpha value is -2.71. The van der Waals surface area contributed by atoms with E-state index in [4.69, 9.17) is 0 Å². The number of carbonyl (C=O) groups excluding carboxylic acids is 2. The average Bonchev–Trinajstić information content (AvgIpc) is 3.32. The van der Waals surface area contributed by atoms with E-state index in [0.717, 1.165) is 24.0 Å². The molecule has 30 heavy (non-hydrogen) atoms. The lowest BCUT2D eigenvalue weighted by Gasteiger charge is -2.15. The topological polar surface area (TPSA) is 95.6 Å². The summed E-state index contributed by atoms with van der Waals surface area (Å²) >= 11 is 0. The van der Waals surface area contributed by atoms with Gasteiger partial charge >= 0.3 is 0 Å². The van der Waals surface area contributed by atoms with Crippen molar-refractivity contribution in [2.24, 2.45) is 0 Å². The van der Waals surface area contributed by atoms with Gasteiger partial charge in [-0.3, -0.25) is 9.59 Å². The molecule has 160 valence electrons. The molecule has 8 heteroatoms. The lowest BCUT2D eigenvalue weighted by Crippen LogP contribution is -2.27. The highest BCUT2D eigenvalue weighted by molar-refractivity contribution is 7.89. The van der Waals surface area contributed by atoms with Crippen molar-refractivity contribution >= 4 is 21.8 Å². The standard InChI is InChI=1S/C22H27N3O4S/c1-23-22(27)19-6-4-5-18(15-19)16-24-21(26)12-9-17-7-10-20(11-8-17)30(28,29)25-13-2-3-14-25/h4-8,10-11,15H,2-3,9,12-14,16H2,1H3,(H,23,27)(H,24,26). The first-order valence-corrected chi connectivity index (χ1v) is 11.5. The summed E-state index contributed by atoms with van der Waals surface area (Å²) in [7, 11) is -1.84. The van der Waals surface area contributed by atoms with Crippen molar-refractivity contribution in [1.82, 2.24) is 14.9 Å². The van der Waals surface area contributed by atoms with Crippen LogP contribution in [-0.2, 0) is 27.8 Å². The SMILES string of the molecule is CNC(=O)c1cccc(CNC(=O)CCc2ccc(S(=O)(=O)N3CCCC3)cc2)c1. The number of nitrogens with zero attached hydrogens (tertiary/aromatic N) is 1. The van der Waals surface area contributed by atoms with Crippen LogP contribution in [0.1, 0.15) is 40.7 Å². The molecule has 2 aromatic rings. The lowest BCUT2D eigenvalue weighted by atomic mass is 10.1. The molecule has 1 aliphatic heterocycles. The third kappa shape index (κ3) is 5.46. The molecule has 0 aliphatic carbocycles. The zero-order valence-electron chi connectivity index (χ0n) is 17.1. The number of aryl methyl sites for hydroxylation is 1. The molecule has 2 amide bonds. The summed E-state index contributed by atoms with van der Waals surface area (Å²) in [6.45, 7) is 1.50. The zero-order valence-corrected chi connectivity index (χ0v) is 17.9. The summed E-state index contributed by atoms with van der Waals surface area (Å²) in [5, 5.41) is 5.43. The average molecular weight is 430 g/mol. The molecule has 0 saturated carbocycles. The quantitative estimate of drug-likeness (QED) is 0.672. The summed E-state index contributed by atoms with van der Waals surface area (Å²) < 4.78 is 26.6. The van der Waals surface area contributed by atoms with Crippen LogP contribution in [0, 0.1) is 0 Å². The van der Waals surface area contributed by atoms with E-state index in [1.165, 1.54) is 4.31 Å². The third-order valence-corrected chi connectivity index (χ3v) is 7.09. The normalized spacial score (nSPS) is 14.4. The van der Waals surface area contributed by atoms with Crippen LogP contribution in [0.5, 0.6) is 0 Å². The Morgan fingerprint density at radius 1 is 1.00 bits per heavy atom. The zero-order chi connectivity index (χ0) is 21.6. The Morgan fingerprint density at radius 3 is 2.37 bits per heavy atom. The van der Waals surface area contributed by atoms with Gasteiger partial charge in [0, 0.05) is 38.7 Å². The highest BCUT2D eigenvalue weighted by atomic mass is 32.2. The van der Waals surface area contributed by atoms with Crippen LogP contribution in [0.2, 0.25) is 0 Å². The molecule has 7 nitrogen and oxygen atoms in total. The number of sulfonamides is 1. The summed E-state index contributed by atoms with van der Waals surface area (Å²) in [5.74, 6) is -0.271. The third-order valence-electron chi connectivity index (χ3n) is 5.17. The van der Waals surface area contributed by atoms with Crippen molar-refractivity contribution in [1.29, 1.82) is 0 Å². The lowest BCUT2D eigenvalue weighted by molar-refractivity contribution is -0.121. The number of nitrogens with one attached hydrogen (secondary N) is 2. The molecule has 0 aromatic heterocycles. The summed E-state index contributed by atoms with van der Waals surface area (Å²) in [4.78, 5) is 24.2. The van der Waals surface area contributed by atoms with Crippen molar-refractivity contribution in [3.8, 4) is 0 Å². The maximum Gasteiger partial charge on any atom is 0.251 e. The highest BCUT2D eigenvalue weighted by Gasteiger charge is 2.26. The van der Waals surface area contributed by atoms with Gasteiger partial charge in [-0.2, -0.15) is 4.31 Å². The van der Waals surface area contributed by atoms with Gasteiger partial charge in [0.15, 0.2) is 0 Å². The van der Waals surface area contributed by atoms with Crippen LogP contribution in [0.25, 0.3) is 0 Å². The molecule has 0 bridgehead atoms. The Kier molecular flexibility index (Phi) is 7.23. The maximum absolute atomic E-state index is 12.6. The minimum atomic E-state index is -3.41. The Labute approximate surface area is 177 Å². The van der Waals surface area contributed by atoms with Gasteiger partial charge in [-0.05, 0) is 54.7 Å². The first kappa shape index (κ1) is 22.0. The summed E-state index contributed by atoms with van der Waals surface area (Å²) in [5.41, 5.74) is 2.31. The van der Waals surface area contributed by atoms with Gasteiger partial charge in [-0.1, -0.05) is 24.3 Å². The fraction of sp³-hybridized carbons (Fsp3) is 0.364. The van der Waals surface area contributed by atoms with E-state index in [0.29, 0.717) is 42.9 Å². The van der Waals surface area contributed by atoms with Gasteiger partial charge < -0.3 is 10.6 Å². The minimum absolute atomic E-state index is 0.103. The number of hydrogen-bond donors (Lipinski definition) is 2. The first-order chi connectivity index (χ1) is 14.4. The number of benzene rings is 2. The van der Waals surface area contributed by atoms with Crippen LogP contribution < -0.4 is 10.6 Å². The Morgan fingerprint density at radius 2 is 1.70 bits per heavy atom. The molecule has 0 radical (unpaired) electrons. The van der Waals surface area contributed by atoms with Crippen molar-refractivity contribution < 1.29 is 18.0 Å². The molecule has 0 unspecified atom stereocenters. The van der Waals surface area contributed by atoms with E-state index in [-0.39, 0.29) is 11.8 Å². The molecule has 1 heterocycles. The van der Waals surface area contributed by atoms with Crippen LogP contribution in [0.4, 0.5) is 0 Å². The predicted molar refractivity (Wildman–Crippen MR) is 114 cm³/mol. The van der Waals surface area contributed by atoms with Gasteiger partial charge in [0.25, 0.3) is 5.91 Å². The van der Waals surface area contributed by atoms with E-state index < -0.39 is 10.0 Å². The van der Waals surface area contributed by atoms with Crippen LogP contribution in [0.15, 0.2) is 53.4 Å². The Balaban J connectivity index is 1.50. The number of hydrogen-bond acceptors (Lipinski definition) is 4. The molecule has 2 aromatic carbocycles. The van der Waals surface area contributed by atoms with Gasteiger partial charge in [0.2, 0.25) is 15.9 Å². The molecule has 1 fully saturated rings. The van der Waals surface area contributed by atoms with Gasteiger partial charge in [0.05, 0.1) is 4.90 Å². The molecule has 2 N–H and O–H groups in total. The number of carbonyl (C=O) groups is 2. The monoisotopic (exact) mass is 429 g/mol. The van der Waals surface area contributed by atoms with E-state index in [2.05, 4.69) is 10.6 Å². The summed E-state index contributed by atoms with van der Waals surface area (Å²) in [6.07, 6.45) is 2.63. The van der Waals surface area contributed by atoms with Crippen molar-refractivity contribution in [3.05, 3.63) is 65.2 Å². The fourth-order valence-electron chi connectivity index (χ4n) is 3.42. The highest BCUT2D eigenvalue weighted by Crippen LogP contribution is 2.21. The van der Waals surface area contributed by atoms with Gasteiger partial charge in [0.1, 0.15) is 0 Å². The fourth-order valence-corrected chi connectivity index (χ4v) is 4.94. The molecular weight excluding hydrogens is 402 g/mol. The molecule has 1 aliphatic rings. The largest absolute Gasteiger partial charge is 0.355 e. The number of rotatable bonds is 8. The molecule has 3 rings (SSSR count). The van der Waals surface area contributed by atoms with Crippen molar-refractivity contribution in [2.75, 3.05) is 20.1 Å². The Bertz CT molecular complexity index is 997. The predicted octanol–water partition coefficient (Wildman–Crippen LogP) is 2.08. The van der Waals surface area contributed by atoms with E-state index in [9.17, 15) is 18.0 Å². The number of amides is 2. The van der Waals surface area contributed by atoms with Crippen LogP contribution >= 0.6 is 0 Å². The molecule has 1 saturated heterocycles. The van der Waals surface area contributed by atoms with Gasteiger partial charge in [-0.25, -0.2) is 8.42 Å². The van der Waals surface area contributed by atoms with E-state index in [1.54, 1.807) is 49.5 Å². The van der Waals surface area contributed by atoms with Crippen LogP contribution in [-0.4, -0.2) is 44.7 Å². The minimum Gasteiger partial charge on any atom is -0.355 e. The smallest absolute Gasteiger partial charge is 0.251 e.